The third-order valence-electron chi connectivity index (χ3n) is 1.97. The van der Waals surface area contributed by atoms with E-state index in [4.69, 9.17) is 20.4 Å². The van der Waals surface area contributed by atoms with E-state index in [2.05, 4.69) is 5.32 Å². The van der Waals surface area contributed by atoms with Crippen molar-refractivity contribution < 1.29 is 20.4 Å². The molecule has 11 heavy (non-hydrogen) atoms. The van der Waals surface area contributed by atoms with Gasteiger partial charge < -0.3 is 20.4 Å². The zero-order chi connectivity index (χ0) is 8.59. The van der Waals surface area contributed by atoms with E-state index >= 15 is 0 Å². The molecule has 1 aliphatic rings. The van der Waals surface area contributed by atoms with Gasteiger partial charge in [-0.05, 0) is 6.92 Å². The van der Waals surface area contributed by atoms with Crippen LogP contribution in [0.25, 0.3) is 0 Å². The highest BCUT2D eigenvalue weighted by molar-refractivity contribution is 4.91. The van der Waals surface area contributed by atoms with Crippen molar-refractivity contribution in [3.63, 3.8) is 0 Å². The van der Waals surface area contributed by atoms with Crippen molar-refractivity contribution in [2.24, 2.45) is 0 Å². The van der Waals surface area contributed by atoms with Gasteiger partial charge in [-0.15, -0.1) is 0 Å². The molecule has 1 rings (SSSR count). The van der Waals surface area contributed by atoms with E-state index < -0.39 is 30.6 Å². The van der Waals surface area contributed by atoms with Crippen molar-refractivity contribution in [1.29, 1.82) is 0 Å². The van der Waals surface area contributed by atoms with Crippen molar-refractivity contribution in [2.45, 2.75) is 37.5 Å². The molecule has 5 nitrogen and oxygen atoms in total. The predicted molar refractivity (Wildman–Crippen MR) is 36.6 cm³/mol. The number of rotatable bonds is 0. The first-order chi connectivity index (χ1) is 5.04. The number of hydrogen-bond acceptors (Lipinski definition) is 5. The molecular weight excluding hydrogens is 150 g/mol. The number of aliphatic hydroxyl groups is 4. The summed E-state index contributed by atoms with van der Waals surface area (Å²) < 4.78 is 0. The Morgan fingerprint density at radius 2 is 1.45 bits per heavy atom. The van der Waals surface area contributed by atoms with E-state index in [0.717, 1.165) is 0 Å². The minimum absolute atomic E-state index is 0.414. The van der Waals surface area contributed by atoms with Crippen LogP contribution in [0.3, 0.4) is 0 Å². The first-order valence-electron chi connectivity index (χ1n) is 3.52. The fourth-order valence-corrected chi connectivity index (χ4v) is 1.15. The van der Waals surface area contributed by atoms with E-state index in [1.807, 2.05) is 0 Å². The Morgan fingerprint density at radius 3 is 2.00 bits per heavy atom. The van der Waals surface area contributed by atoms with Gasteiger partial charge in [0.2, 0.25) is 0 Å². The molecule has 1 heterocycles. The van der Waals surface area contributed by atoms with Crippen LogP contribution in [0.1, 0.15) is 6.92 Å². The monoisotopic (exact) mass is 163 g/mol. The molecule has 0 saturated carbocycles. The molecule has 1 aliphatic heterocycles. The summed E-state index contributed by atoms with van der Waals surface area (Å²) in [5.74, 6) is 0. The summed E-state index contributed by atoms with van der Waals surface area (Å²) in [6.45, 7) is 1.61. The normalized spacial score (nSPS) is 52.6. The second kappa shape index (κ2) is 3.04. The molecule has 0 bridgehead atoms. The number of piperidine rings is 1. The third-order valence-corrected chi connectivity index (χ3v) is 1.97. The summed E-state index contributed by atoms with van der Waals surface area (Å²) in [6.07, 6.45) is -4.79. The lowest BCUT2D eigenvalue weighted by Gasteiger charge is -2.37. The molecule has 5 atom stereocenters. The number of hydrogen-bond donors (Lipinski definition) is 5. The van der Waals surface area contributed by atoms with Crippen molar-refractivity contribution in [3.8, 4) is 0 Å². The lowest BCUT2D eigenvalue weighted by Crippen LogP contribution is -2.63. The van der Waals surface area contributed by atoms with Crippen LogP contribution in [0, 0.1) is 0 Å². The topological polar surface area (TPSA) is 93.0 Å². The zero-order valence-corrected chi connectivity index (χ0v) is 6.18. The fourth-order valence-electron chi connectivity index (χ4n) is 1.15. The van der Waals surface area contributed by atoms with E-state index in [-0.39, 0.29) is 0 Å². The highest BCUT2D eigenvalue weighted by Crippen LogP contribution is 2.13. The van der Waals surface area contributed by atoms with Crippen LogP contribution < -0.4 is 5.32 Å². The third kappa shape index (κ3) is 1.52. The second-order valence-corrected chi connectivity index (χ2v) is 2.87. The standard InChI is InChI=1S/C6H13NO4/c1-2-3(8)4(9)5(10)6(11)7-2/h2-11H,1H3/t2-,3-,4+,5-,6?/m1/s1. The van der Waals surface area contributed by atoms with Gasteiger partial charge in [-0.1, -0.05) is 0 Å². The Balaban J connectivity index is 2.63. The summed E-state index contributed by atoms with van der Waals surface area (Å²) in [5, 5.41) is 38.8. The van der Waals surface area contributed by atoms with Crippen LogP contribution in [0.2, 0.25) is 0 Å². The van der Waals surface area contributed by atoms with Crippen LogP contribution in [0.15, 0.2) is 0 Å². The highest BCUT2D eigenvalue weighted by atomic mass is 16.4. The Labute approximate surface area is 64.3 Å². The van der Waals surface area contributed by atoms with E-state index in [1.54, 1.807) is 6.92 Å². The molecule has 0 spiro atoms. The van der Waals surface area contributed by atoms with Gasteiger partial charge in [0.1, 0.15) is 18.4 Å². The summed E-state index contributed by atoms with van der Waals surface area (Å²) in [6, 6.07) is -0.414. The van der Waals surface area contributed by atoms with Gasteiger partial charge in [0.05, 0.1) is 6.10 Å². The summed E-state index contributed by atoms with van der Waals surface area (Å²) in [7, 11) is 0. The van der Waals surface area contributed by atoms with E-state index in [0.29, 0.717) is 0 Å². The Bertz CT molecular complexity index is 129. The molecule has 0 aliphatic carbocycles. The molecule has 1 unspecified atom stereocenters. The quantitative estimate of drug-likeness (QED) is 0.269. The smallest absolute Gasteiger partial charge is 0.134 e. The molecule has 0 aromatic rings. The largest absolute Gasteiger partial charge is 0.389 e. The van der Waals surface area contributed by atoms with Crippen molar-refractivity contribution in [3.05, 3.63) is 0 Å². The Kier molecular flexibility index (Phi) is 2.46. The van der Waals surface area contributed by atoms with Crippen LogP contribution in [0.5, 0.6) is 0 Å². The molecule has 1 fully saturated rings. The summed E-state index contributed by atoms with van der Waals surface area (Å²) in [5.41, 5.74) is 0. The molecule has 0 radical (unpaired) electrons. The van der Waals surface area contributed by atoms with Gasteiger partial charge in [-0.2, -0.15) is 0 Å². The first kappa shape index (κ1) is 8.89. The maximum Gasteiger partial charge on any atom is 0.134 e. The molecule has 5 N–H and O–H groups in total. The first-order valence-corrected chi connectivity index (χ1v) is 3.52. The van der Waals surface area contributed by atoms with Crippen LogP contribution in [0.4, 0.5) is 0 Å². The Hall–Kier alpha value is -0.200. The average Bonchev–Trinajstić information content (AvgIpc) is 1.97. The second-order valence-electron chi connectivity index (χ2n) is 2.87. The van der Waals surface area contributed by atoms with Gasteiger partial charge in [0.15, 0.2) is 0 Å². The lowest BCUT2D eigenvalue weighted by atomic mass is 9.96. The molecule has 0 aromatic heterocycles. The zero-order valence-electron chi connectivity index (χ0n) is 6.18. The van der Waals surface area contributed by atoms with Gasteiger partial charge in [-0.3, -0.25) is 5.32 Å². The highest BCUT2D eigenvalue weighted by Gasteiger charge is 2.39. The van der Waals surface area contributed by atoms with Crippen LogP contribution >= 0.6 is 0 Å². The van der Waals surface area contributed by atoms with Gasteiger partial charge in [-0.25, -0.2) is 0 Å². The predicted octanol–water partition coefficient (Wildman–Crippen LogP) is -2.62. The van der Waals surface area contributed by atoms with E-state index in [9.17, 15) is 0 Å². The fraction of sp³-hybridized carbons (Fsp3) is 1.00. The molecule has 66 valence electrons. The SMILES string of the molecule is C[C@H]1NC(O)[C@H](O)[C@@H](O)[C@@H]1O. The van der Waals surface area contributed by atoms with Gasteiger partial charge in [0, 0.05) is 6.04 Å². The number of aliphatic hydroxyl groups excluding tert-OH is 4. The molecule has 5 heteroatoms. The summed E-state index contributed by atoms with van der Waals surface area (Å²) in [4.78, 5) is 0. The van der Waals surface area contributed by atoms with Gasteiger partial charge >= 0.3 is 0 Å². The van der Waals surface area contributed by atoms with Gasteiger partial charge in [0.25, 0.3) is 0 Å². The lowest BCUT2D eigenvalue weighted by molar-refractivity contribution is -0.154. The number of nitrogens with one attached hydrogen (secondary N) is 1. The van der Waals surface area contributed by atoms with Crippen molar-refractivity contribution in [1.82, 2.24) is 5.32 Å². The maximum absolute atomic E-state index is 9.15. The Morgan fingerprint density at radius 1 is 0.909 bits per heavy atom. The molecule has 1 saturated heterocycles. The average molecular weight is 163 g/mol. The summed E-state index contributed by atoms with van der Waals surface area (Å²) >= 11 is 0. The van der Waals surface area contributed by atoms with Crippen LogP contribution in [-0.4, -0.2) is 51.0 Å². The van der Waals surface area contributed by atoms with Crippen molar-refractivity contribution in [2.75, 3.05) is 0 Å². The molecular formula is C6H13NO4. The molecule has 0 amide bonds. The minimum Gasteiger partial charge on any atom is -0.389 e. The van der Waals surface area contributed by atoms with E-state index in [1.165, 1.54) is 0 Å². The van der Waals surface area contributed by atoms with Crippen molar-refractivity contribution >= 4 is 0 Å². The maximum atomic E-state index is 9.15. The van der Waals surface area contributed by atoms with Crippen LogP contribution in [-0.2, 0) is 0 Å². The molecule has 0 aromatic carbocycles. The minimum atomic E-state index is -1.32.